The first-order valence-electron chi connectivity index (χ1n) is 4.09. The van der Waals surface area contributed by atoms with Crippen LogP contribution in [0.4, 0.5) is 0 Å². The topological polar surface area (TPSA) is 52.3 Å². The lowest BCUT2D eigenvalue weighted by molar-refractivity contribution is -0.147. The highest BCUT2D eigenvalue weighted by Crippen LogP contribution is 2.23. The fourth-order valence-corrected chi connectivity index (χ4v) is 1.60. The maximum absolute atomic E-state index is 11.1. The minimum Gasteiger partial charge on any atom is -0.469 e. The summed E-state index contributed by atoms with van der Waals surface area (Å²) in [7, 11) is 1.42. The van der Waals surface area contributed by atoms with Gasteiger partial charge in [0, 0.05) is 6.04 Å². The van der Waals surface area contributed by atoms with Gasteiger partial charge in [0.25, 0.3) is 0 Å². The normalized spacial score (nSPS) is 28.8. The lowest BCUT2D eigenvalue weighted by Gasteiger charge is -2.25. The molecule has 1 aliphatic rings. The highest BCUT2D eigenvalue weighted by atomic mass is 35.5. The van der Waals surface area contributed by atoms with Gasteiger partial charge in [-0.2, -0.15) is 0 Å². The number of nitrogens with two attached hydrogens (primary N) is 1. The van der Waals surface area contributed by atoms with E-state index in [1.165, 1.54) is 7.11 Å². The molecule has 0 aromatic heterocycles. The third-order valence-corrected chi connectivity index (χ3v) is 2.32. The van der Waals surface area contributed by atoms with Crippen molar-refractivity contribution < 1.29 is 9.53 Å². The molecule has 3 nitrogen and oxygen atoms in total. The molecule has 0 aliphatic heterocycles. The first-order valence-corrected chi connectivity index (χ1v) is 4.09. The molecule has 2 atom stereocenters. The second-order valence-electron chi connectivity index (χ2n) is 3.08. The molecular formula is C8H16ClNO2. The fraction of sp³-hybridized carbons (Fsp3) is 0.875. The van der Waals surface area contributed by atoms with Gasteiger partial charge in [0.1, 0.15) is 0 Å². The van der Waals surface area contributed by atoms with Crippen LogP contribution >= 0.6 is 12.4 Å². The number of ether oxygens (including phenoxy) is 1. The molecule has 0 radical (unpaired) electrons. The maximum Gasteiger partial charge on any atom is 0.310 e. The van der Waals surface area contributed by atoms with Gasteiger partial charge in [0.2, 0.25) is 0 Å². The Labute approximate surface area is 79.1 Å². The van der Waals surface area contributed by atoms with Gasteiger partial charge < -0.3 is 10.5 Å². The smallest absolute Gasteiger partial charge is 0.310 e. The van der Waals surface area contributed by atoms with E-state index in [1.54, 1.807) is 0 Å². The van der Waals surface area contributed by atoms with Crippen molar-refractivity contribution >= 4 is 18.4 Å². The van der Waals surface area contributed by atoms with Crippen LogP contribution in [0.5, 0.6) is 0 Å². The van der Waals surface area contributed by atoms with Crippen molar-refractivity contribution in [3.05, 3.63) is 0 Å². The Hall–Kier alpha value is -0.280. The van der Waals surface area contributed by atoms with E-state index >= 15 is 0 Å². The van der Waals surface area contributed by atoms with E-state index in [9.17, 15) is 4.79 Å². The van der Waals surface area contributed by atoms with Crippen LogP contribution < -0.4 is 5.73 Å². The number of carbonyl (C=O) groups excluding carboxylic acids is 1. The van der Waals surface area contributed by atoms with E-state index in [0.717, 1.165) is 25.7 Å². The van der Waals surface area contributed by atoms with Crippen molar-refractivity contribution in [3.8, 4) is 0 Å². The molecule has 2 N–H and O–H groups in total. The van der Waals surface area contributed by atoms with Crippen LogP contribution in [0.15, 0.2) is 0 Å². The van der Waals surface area contributed by atoms with Gasteiger partial charge in [-0.05, 0) is 12.8 Å². The zero-order valence-corrected chi connectivity index (χ0v) is 8.10. The third-order valence-electron chi connectivity index (χ3n) is 2.32. The first kappa shape index (κ1) is 11.7. The number of hydrogen-bond acceptors (Lipinski definition) is 3. The SMILES string of the molecule is COC(=O)[C@@H]1CCCC[C@@H]1N.Cl. The third kappa shape index (κ3) is 2.64. The Morgan fingerprint density at radius 2 is 2.00 bits per heavy atom. The highest BCUT2D eigenvalue weighted by Gasteiger charge is 2.28. The summed E-state index contributed by atoms with van der Waals surface area (Å²) in [5.41, 5.74) is 5.75. The molecule has 1 aliphatic carbocycles. The van der Waals surface area contributed by atoms with Crippen LogP contribution in [0.3, 0.4) is 0 Å². The van der Waals surface area contributed by atoms with Crippen LogP contribution in [0.2, 0.25) is 0 Å². The molecule has 0 saturated heterocycles. The van der Waals surface area contributed by atoms with Crippen LogP contribution in [0, 0.1) is 5.92 Å². The van der Waals surface area contributed by atoms with Crippen molar-refractivity contribution in [2.24, 2.45) is 11.7 Å². The molecule has 0 heterocycles. The molecule has 0 amide bonds. The standard InChI is InChI=1S/C8H15NO2.ClH/c1-11-8(10)6-4-2-3-5-7(6)9;/h6-7H,2-5,9H2,1H3;1H/t6-,7+;/m1./s1. The zero-order valence-electron chi connectivity index (χ0n) is 7.29. The van der Waals surface area contributed by atoms with Gasteiger partial charge in [0.15, 0.2) is 0 Å². The number of halogens is 1. The molecule has 0 spiro atoms. The molecule has 0 unspecified atom stereocenters. The second kappa shape index (κ2) is 5.38. The van der Waals surface area contributed by atoms with Gasteiger partial charge in [-0.3, -0.25) is 4.79 Å². The number of methoxy groups -OCH3 is 1. The Morgan fingerprint density at radius 3 is 2.50 bits per heavy atom. The average Bonchev–Trinajstić information content (AvgIpc) is 2.04. The van der Waals surface area contributed by atoms with E-state index in [-0.39, 0.29) is 30.3 Å². The van der Waals surface area contributed by atoms with Crippen molar-refractivity contribution in [3.63, 3.8) is 0 Å². The zero-order chi connectivity index (χ0) is 8.27. The van der Waals surface area contributed by atoms with Gasteiger partial charge in [-0.25, -0.2) is 0 Å². The number of rotatable bonds is 1. The second-order valence-corrected chi connectivity index (χ2v) is 3.08. The summed E-state index contributed by atoms with van der Waals surface area (Å²) in [6.07, 6.45) is 4.11. The van der Waals surface area contributed by atoms with E-state index in [1.807, 2.05) is 0 Å². The molecule has 0 bridgehead atoms. The Morgan fingerprint density at radius 1 is 1.42 bits per heavy atom. The van der Waals surface area contributed by atoms with Crippen molar-refractivity contribution in [1.82, 2.24) is 0 Å². The lowest BCUT2D eigenvalue weighted by atomic mass is 9.85. The highest BCUT2D eigenvalue weighted by molar-refractivity contribution is 5.85. The molecular weight excluding hydrogens is 178 g/mol. The molecule has 0 aromatic rings. The Balaban J connectivity index is 0.00000121. The van der Waals surface area contributed by atoms with E-state index in [2.05, 4.69) is 4.74 Å². The minimum absolute atomic E-state index is 0. The van der Waals surface area contributed by atoms with Crippen LogP contribution in [-0.4, -0.2) is 19.1 Å². The molecule has 72 valence electrons. The monoisotopic (exact) mass is 193 g/mol. The van der Waals surface area contributed by atoms with E-state index in [0.29, 0.717) is 0 Å². The summed E-state index contributed by atoms with van der Waals surface area (Å²) in [6.45, 7) is 0. The van der Waals surface area contributed by atoms with Gasteiger partial charge in [-0.15, -0.1) is 12.4 Å². The average molecular weight is 194 g/mol. The van der Waals surface area contributed by atoms with Crippen LogP contribution in [0.1, 0.15) is 25.7 Å². The van der Waals surface area contributed by atoms with Crippen LogP contribution in [0.25, 0.3) is 0 Å². The van der Waals surface area contributed by atoms with Crippen LogP contribution in [-0.2, 0) is 9.53 Å². The Kier molecular flexibility index (Phi) is 5.25. The fourth-order valence-electron chi connectivity index (χ4n) is 1.60. The maximum atomic E-state index is 11.1. The van der Waals surface area contributed by atoms with E-state index in [4.69, 9.17) is 5.73 Å². The molecule has 1 saturated carbocycles. The lowest BCUT2D eigenvalue weighted by Crippen LogP contribution is -2.38. The summed E-state index contributed by atoms with van der Waals surface area (Å²) in [5, 5.41) is 0. The Bertz CT molecular complexity index is 152. The predicted molar refractivity (Wildman–Crippen MR) is 49.2 cm³/mol. The predicted octanol–water partition coefficient (Wildman–Crippen LogP) is 1.10. The summed E-state index contributed by atoms with van der Waals surface area (Å²) in [6, 6.07) is 0.0243. The minimum atomic E-state index is -0.141. The number of carbonyl (C=O) groups is 1. The van der Waals surface area contributed by atoms with Crippen molar-refractivity contribution in [2.45, 2.75) is 31.7 Å². The summed E-state index contributed by atoms with van der Waals surface area (Å²) < 4.78 is 4.64. The van der Waals surface area contributed by atoms with Crippen molar-refractivity contribution in [1.29, 1.82) is 0 Å². The molecule has 12 heavy (non-hydrogen) atoms. The van der Waals surface area contributed by atoms with Gasteiger partial charge in [0.05, 0.1) is 13.0 Å². The molecule has 4 heteroatoms. The first-order chi connectivity index (χ1) is 5.25. The largest absolute Gasteiger partial charge is 0.469 e. The van der Waals surface area contributed by atoms with Crippen molar-refractivity contribution in [2.75, 3.05) is 7.11 Å². The number of hydrogen-bond donors (Lipinski definition) is 1. The molecule has 1 rings (SSSR count). The summed E-state index contributed by atoms with van der Waals surface area (Å²) in [5.74, 6) is -0.189. The quantitative estimate of drug-likeness (QED) is 0.635. The van der Waals surface area contributed by atoms with E-state index < -0.39 is 0 Å². The summed E-state index contributed by atoms with van der Waals surface area (Å²) >= 11 is 0. The summed E-state index contributed by atoms with van der Waals surface area (Å²) in [4.78, 5) is 11.1. The number of esters is 1. The van der Waals surface area contributed by atoms with Gasteiger partial charge >= 0.3 is 5.97 Å². The molecule has 1 fully saturated rings. The van der Waals surface area contributed by atoms with Gasteiger partial charge in [-0.1, -0.05) is 12.8 Å². The molecule has 0 aromatic carbocycles.